The zero-order valence-corrected chi connectivity index (χ0v) is 12.1. The van der Waals surface area contributed by atoms with Crippen molar-refractivity contribution in [3.8, 4) is 11.8 Å². The van der Waals surface area contributed by atoms with Gasteiger partial charge in [0.25, 0.3) is 0 Å². The summed E-state index contributed by atoms with van der Waals surface area (Å²) in [5.41, 5.74) is 1.59. The number of aryl methyl sites for hydroxylation is 2. The van der Waals surface area contributed by atoms with Crippen LogP contribution < -0.4 is 4.74 Å². The molecule has 0 saturated heterocycles. The van der Waals surface area contributed by atoms with Crippen molar-refractivity contribution >= 4 is 0 Å². The van der Waals surface area contributed by atoms with Gasteiger partial charge >= 0.3 is 0 Å². The van der Waals surface area contributed by atoms with Crippen LogP contribution in [0.3, 0.4) is 0 Å². The number of ether oxygens (including phenoxy) is 1. The zero-order chi connectivity index (χ0) is 15.2. The summed E-state index contributed by atoms with van der Waals surface area (Å²) in [7, 11) is 0. The van der Waals surface area contributed by atoms with Crippen LogP contribution in [0.15, 0.2) is 28.8 Å². The molecule has 5 heteroatoms. The highest BCUT2D eigenvalue weighted by Crippen LogP contribution is 2.27. The molecule has 0 spiro atoms. The summed E-state index contributed by atoms with van der Waals surface area (Å²) in [5.74, 6) is 0.262. The first kappa shape index (κ1) is 15.0. The van der Waals surface area contributed by atoms with Crippen LogP contribution in [0, 0.1) is 31.0 Å². The molecule has 4 nitrogen and oxygen atoms in total. The van der Waals surface area contributed by atoms with E-state index in [1.165, 1.54) is 6.07 Å². The Balaban J connectivity index is 1.88. The van der Waals surface area contributed by atoms with E-state index in [4.69, 9.17) is 9.26 Å². The number of rotatable bonds is 6. The van der Waals surface area contributed by atoms with Crippen molar-refractivity contribution in [2.45, 2.75) is 32.6 Å². The van der Waals surface area contributed by atoms with Crippen LogP contribution in [0.5, 0.6) is 5.75 Å². The van der Waals surface area contributed by atoms with Crippen molar-refractivity contribution in [2.24, 2.45) is 0 Å². The summed E-state index contributed by atoms with van der Waals surface area (Å²) in [6.07, 6.45) is 1.27. The smallest absolute Gasteiger partial charge is 0.165 e. The molecule has 1 atom stereocenters. The van der Waals surface area contributed by atoms with E-state index in [0.29, 0.717) is 25.2 Å². The summed E-state index contributed by atoms with van der Waals surface area (Å²) in [6.45, 7) is 3.99. The Morgan fingerprint density at radius 1 is 1.38 bits per heavy atom. The minimum Gasteiger partial charge on any atom is -0.491 e. The highest BCUT2D eigenvalue weighted by molar-refractivity contribution is 5.30. The van der Waals surface area contributed by atoms with E-state index in [1.54, 1.807) is 25.1 Å². The normalized spacial score (nSPS) is 11.9. The van der Waals surface area contributed by atoms with E-state index in [1.807, 2.05) is 6.92 Å². The van der Waals surface area contributed by atoms with Gasteiger partial charge in [-0.2, -0.15) is 5.26 Å². The summed E-state index contributed by atoms with van der Waals surface area (Å²) < 4.78 is 23.8. The standard InChI is InChI=1S/C16H17FN2O2/c1-11-16(12(2)21-19-11)13(10-18)6-5-9-20-15-8-4-3-7-14(15)17/h3-4,7-8,13H,5-6,9H2,1-2H3. The van der Waals surface area contributed by atoms with Crippen LogP contribution >= 0.6 is 0 Å². The van der Waals surface area contributed by atoms with Gasteiger partial charge in [0.2, 0.25) is 0 Å². The molecule has 2 rings (SSSR count). The van der Waals surface area contributed by atoms with Crippen molar-refractivity contribution in [3.63, 3.8) is 0 Å². The third-order valence-corrected chi connectivity index (χ3v) is 3.32. The molecule has 21 heavy (non-hydrogen) atoms. The van der Waals surface area contributed by atoms with Gasteiger partial charge in [0.1, 0.15) is 5.76 Å². The molecular formula is C16H17FN2O2. The van der Waals surface area contributed by atoms with Crippen LogP contribution in [-0.4, -0.2) is 11.8 Å². The van der Waals surface area contributed by atoms with Gasteiger partial charge in [-0.05, 0) is 38.8 Å². The summed E-state index contributed by atoms with van der Waals surface area (Å²) in [6, 6.07) is 8.55. The molecule has 0 amide bonds. The molecule has 0 aliphatic carbocycles. The predicted molar refractivity (Wildman–Crippen MR) is 75.5 cm³/mol. The summed E-state index contributed by atoms with van der Waals surface area (Å²) in [4.78, 5) is 0. The lowest BCUT2D eigenvalue weighted by Crippen LogP contribution is -2.04. The van der Waals surface area contributed by atoms with E-state index in [2.05, 4.69) is 11.2 Å². The molecule has 0 saturated carbocycles. The highest BCUT2D eigenvalue weighted by Gasteiger charge is 2.19. The van der Waals surface area contributed by atoms with E-state index in [0.717, 1.165) is 11.3 Å². The monoisotopic (exact) mass is 288 g/mol. The lowest BCUT2D eigenvalue weighted by atomic mass is 9.94. The SMILES string of the molecule is Cc1noc(C)c1C(C#N)CCCOc1ccccc1F. The summed E-state index contributed by atoms with van der Waals surface area (Å²) >= 11 is 0. The Hall–Kier alpha value is -2.35. The Kier molecular flexibility index (Phi) is 4.94. The Bertz CT molecular complexity index is 626. The lowest BCUT2D eigenvalue weighted by molar-refractivity contribution is 0.290. The van der Waals surface area contributed by atoms with Crippen molar-refractivity contribution < 1.29 is 13.7 Å². The molecule has 0 radical (unpaired) electrons. The Morgan fingerprint density at radius 2 is 2.14 bits per heavy atom. The molecule has 1 unspecified atom stereocenters. The fourth-order valence-corrected chi connectivity index (χ4v) is 2.29. The van der Waals surface area contributed by atoms with Crippen molar-refractivity contribution in [1.29, 1.82) is 5.26 Å². The van der Waals surface area contributed by atoms with Gasteiger partial charge in [-0.3, -0.25) is 0 Å². The van der Waals surface area contributed by atoms with Crippen LogP contribution in [0.1, 0.15) is 35.8 Å². The first-order chi connectivity index (χ1) is 10.1. The zero-order valence-electron chi connectivity index (χ0n) is 12.1. The fourth-order valence-electron chi connectivity index (χ4n) is 2.29. The number of aromatic nitrogens is 1. The minimum absolute atomic E-state index is 0.239. The molecule has 1 heterocycles. The first-order valence-electron chi connectivity index (χ1n) is 6.83. The lowest BCUT2D eigenvalue weighted by Gasteiger charge is -2.10. The maximum Gasteiger partial charge on any atom is 0.165 e. The molecule has 0 aliphatic heterocycles. The maximum atomic E-state index is 13.4. The second-order valence-corrected chi connectivity index (χ2v) is 4.84. The van der Waals surface area contributed by atoms with E-state index in [-0.39, 0.29) is 17.5 Å². The maximum absolute atomic E-state index is 13.4. The highest BCUT2D eigenvalue weighted by atomic mass is 19.1. The molecule has 110 valence electrons. The van der Waals surface area contributed by atoms with Gasteiger partial charge in [-0.25, -0.2) is 4.39 Å². The molecule has 1 aromatic carbocycles. The van der Waals surface area contributed by atoms with Crippen LogP contribution in [0.4, 0.5) is 4.39 Å². The Morgan fingerprint density at radius 3 is 2.76 bits per heavy atom. The van der Waals surface area contributed by atoms with E-state index in [9.17, 15) is 9.65 Å². The molecule has 0 bridgehead atoms. The number of para-hydroxylation sites is 1. The van der Waals surface area contributed by atoms with Crippen LogP contribution in [0.25, 0.3) is 0 Å². The Labute approximate surface area is 123 Å². The molecular weight excluding hydrogens is 271 g/mol. The molecule has 0 N–H and O–H groups in total. The number of hydrogen-bond acceptors (Lipinski definition) is 4. The van der Waals surface area contributed by atoms with Crippen LogP contribution in [-0.2, 0) is 0 Å². The predicted octanol–water partition coefficient (Wildman–Crippen LogP) is 3.90. The average molecular weight is 288 g/mol. The largest absolute Gasteiger partial charge is 0.491 e. The second kappa shape index (κ2) is 6.89. The topological polar surface area (TPSA) is 59.0 Å². The van der Waals surface area contributed by atoms with Crippen molar-refractivity contribution in [3.05, 3.63) is 47.1 Å². The van der Waals surface area contributed by atoms with E-state index < -0.39 is 0 Å². The van der Waals surface area contributed by atoms with Crippen LogP contribution in [0.2, 0.25) is 0 Å². The molecule has 1 aromatic heterocycles. The van der Waals surface area contributed by atoms with Gasteiger partial charge in [0.05, 0.1) is 24.3 Å². The third-order valence-electron chi connectivity index (χ3n) is 3.32. The number of benzene rings is 1. The summed E-state index contributed by atoms with van der Waals surface area (Å²) in [5, 5.41) is 13.2. The van der Waals surface area contributed by atoms with Gasteiger partial charge < -0.3 is 9.26 Å². The van der Waals surface area contributed by atoms with Crippen molar-refractivity contribution in [2.75, 3.05) is 6.61 Å². The van der Waals surface area contributed by atoms with Gasteiger partial charge in [0, 0.05) is 5.56 Å². The van der Waals surface area contributed by atoms with Gasteiger partial charge in [-0.1, -0.05) is 17.3 Å². The second-order valence-electron chi connectivity index (χ2n) is 4.84. The number of hydrogen-bond donors (Lipinski definition) is 0. The fraction of sp³-hybridized carbons (Fsp3) is 0.375. The average Bonchev–Trinajstić information content (AvgIpc) is 2.81. The number of nitriles is 1. The molecule has 0 aliphatic rings. The van der Waals surface area contributed by atoms with Crippen molar-refractivity contribution in [1.82, 2.24) is 5.16 Å². The molecule has 0 fully saturated rings. The number of nitrogens with zero attached hydrogens (tertiary/aromatic N) is 2. The quantitative estimate of drug-likeness (QED) is 0.756. The molecule has 2 aromatic rings. The number of halogens is 1. The third kappa shape index (κ3) is 3.60. The minimum atomic E-state index is -0.375. The first-order valence-corrected chi connectivity index (χ1v) is 6.83. The van der Waals surface area contributed by atoms with Gasteiger partial charge in [0.15, 0.2) is 11.6 Å². The van der Waals surface area contributed by atoms with E-state index >= 15 is 0 Å². The van der Waals surface area contributed by atoms with Gasteiger partial charge in [-0.15, -0.1) is 0 Å².